The van der Waals surface area contributed by atoms with Crippen LogP contribution in [0.3, 0.4) is 0 Å². The summed E-state index contributed by atoms with van der Waals surface area (Å²) < 4.78 is 0. The van der Waals surface area contributed by atoms with E-state index in [9.17, 15) is 0 Å². The third-order valence-corrected chi connectivity index (χ3v) is 5.43. The van der Waals surface area contributed by atoms with Gasteiger partial charge in [0.05, 0.1) is 21.4 Å². The smallest absolute Gasteiger partial charge is 0.196 e. The first-order valence-corrected chi connectivity index (χ1v) is 8.90. The first-order chi connectivity index (χ1) is 11.8. The van der Waals surface area contributed by atoms with Crippen molar-refractivity contribution in [3.63, 3.8) is 0 Å². The molecule has 2 spiro atoms. The maximum absolute atomic E-state index is 5.11. The molecule has 1 aliphatic carbocycles. The Morgan fingerprint density at radius 1 is 0.500 bits per heavy atom. The summed E-state index contributed by atoms with van der Waals surface area (Å²) in [6, 6.07) is 16.4. The van der Waals surface area contributed by atoms with Gasteiger partial charge in [-0.2, -0.15) is 0 Å². The molecule has 1 saturated carbocycles. The van der Waals surface area contributed by atoms with E-state index < -0.39 is 11.3 Å². The van der Waals surface area contributed by atoms with Crippen molar-refractivity contribution in [2.75, 3.05) is 0 Å². The topological polar surface area (TPSA) is 49.4 Å². The second-order valence-electron chi connectivity index (χ2n) is 6.97. The molecule has 0 amide bonds. The van der Waals surface area contributed by atoms with Gasteiger partial charge in [-0.15, -0.1) is 0 Å². The zero-order chi connectivity index (χ0) is 16.0. The second kappa shape index (κ2) is 5.07. The van der Waals surface area contributed by atoms with Crippen LogP contribution in [0.5, 0.6) is 0 Å². The highest BCUT2D eigenvalue weighted by Gasteiger charge is 2.54. The molecule has 120 valence electrons. The van der Waals surface area contributed by atoms with Crippen molar-refractivity contribution in [1.29, 1.82) is 0 Å². The summed E-state index contributed by atoms with van der Waals surface area (Å²) in [7, 11) is 0. The van der Waals surface area contributed by atoms with Crippen molar-refractivity contribution in [2.45, 2.75) is 49.9 Å². The Kier molecular flexibility index (Phi) is 2.96. The number of hydrogen-bond donors (Lipinski definition) is 0. The third kappa shape index (κ3) is 1.92. The van der Waals surface area contributed by atoms with Crippen molar-refractivity contribution >= 4 is 0 Å². The number of fused-ring (bicyclic) bond motifs is 3. The standard InChI is InChI=1S/C20H20N4/c1-2-8-14-20(23-17-11-5-6-12-18(17)24-20)19(13-7-1)21-15-9-3-4-10-16(15)22-19/h3-6,9-12H,1-2,7-8,13-14H2. The number of para-hydroxylation sites is 4. The van der Waals surface area contributed by atoms with E-state index in [2.05, 4.69) is 24.3 Å². The van der Waals surface area contributed by atoms with Crippen LogP contribution in [0.15, 0.2) is 68.5 Å². The summed E-state index contributed by atoms with van der Waals surface area (Å²) in [4.78, 5) is 20.4. The molecule has 3 aliphatic rings. The van der Waals surface area contributed by atoms with Gasteiger partial charge in [-0.1, -0.05) is 37.1 Å². The maximum Gasteiger partial charge on any atom is 0.196 e. The van der Waals surface area contributed by atoms with E-state index in [-0.39, 0.29) is 0 Å². The van der Waals surface area contributed by atoms with Gasteiger partial charge in [0.2, 0.25) is 0 Å². The molecular formula is C20H20N4. The van der Waals surface area contributed by atoms with Crippen LogP contribution in [0.2, 0.25) is 0 Å². The highest BCUT2D eigenvalue weighted by Crippen LogP contribution is 2.43. The fraction of sp³-hybridized carbons (Fsp3) is 0.400. The molecule has 0 atom stereocenters. The molecule has 0 N–H and O–H groups in total. The van der Waals surface area contributed by atoms with E-state index in [0.717, 1.165) is 47.1 Å². The van der Waals surface area contributed by atoms with Gasteiger partial charge in [-0.3, -0.25) is 0 Å². The molecule has 24 heavy (non-hydrogen) atoms. The van der Waals surface area contributed by atoms with Crippen LogP contribution in [-0.4, -0.2) is 11.3 Å². The molecule has 2 aliphatic heterocycles. The number of hydrogen-bond acceptors (Lipinski definition) is 4. The van der Waals surface area contributed by atoms with Gasteiger partial charge >= 0.3 is 0 Å². The third-order valence-electron chi connectivity index (χ3n) is 5.43. The summed E-state index contributed by atoms with van der Waals surface area (Å²) in [6.45, 7) is 0. The van der Waals surface area contributed by atoms with Crippen LogP contribution < -0.4 is 21.4 Å². The quantitative estimate of drug-likeness (QED) is 0.709. The Hall–Kier alpha value is -2.36. The fourth-order valence-electron chi connectivity index (χ4n) is 4.23. The van der Waals surface area contributed by atoms with Gasteiger partial charge in [0, 0.05) is 0 Å². The van der Waals surface area contributed by atoms with Crippen molar-refractivity contribution in [1.82, 2.24) is 0 Å². The highest BCUT2D eigenvalue weighted by atomic mass is 15.3. The molecule has 0 bridgehead atoms. The van der Waals surface area contributed by atoms with Gasteiger partial charge < -0.3 is 0 Å². The lowest BCUT2D eigenvalue weighted by molar-refractivity contribution is 0.186. The van der Waals surface area contributed by atoms with Gasteiger partial charge in [0.15, 0.2) is 11.3 Å². The Bertz CT molecular complexity index is 882. The van der Waals surface area contributed by atoms with E-state index in [1.165, 1.54) is 12.8 Å². The number of benzene rings is 2. The summed E-state index contributed by atoms with van der Waals surface area (Å²) in [5.41, 5.74) is -1.15. The van der Waals surface area contributed by atoms with Crippen LogP contribution in [0.4, 0.5) is 0 Å². The minimum Gasteiger partial charge on any atom is -0.249 e. The molecule has 0 radical (unpaired) electrons. The van der Waals surface area contributed by atoms with Crippen molar-refractivity contribution < 1.29 is 0 Å². The largest absolute Gasteiger partial charge is 0.249 e. The zero-order valence-electron chi connectivity index (χ0n) is 13.7. The average Bonchev–Trinajstić information content (AvgIpc) is 3.16. The molecule has 2 heterocycles. The van der Waals surface area contributed by atoms with Crippen LogP contribution >= 0.6 is 0 Å². The van der Waals surface area contributed by atoms with Gasteiger partial charge in [0.1, 0.15) is 0 Å². The summed E-state index contributed by atoms with van der Waals surface area (Å²) in [5.74, 6) is 0. The van der Waals surface area contributed by atoms with Crippen molar-refractivity contribution in [3.05, 3.63) is 70.0 Å². The van der Waals surface area contributed by atoms with Crippen LogP contribution in [0.25, 0.3) is 0 Å². The Labute approximate surface area is 140 Å². The van der Waals surface area contributed by atoms with E-state index in [0.29, 0.717) is 0 Å². The molecule has 0 saturated heterocycles. The SMILES string of the molecule is c1ccc2c(c1)=NC1(CCCCCCC13N=c1ccccc1=N3)N=2. The lowest BCUT2D eigenvalue weighted by Gasteiger charge is -2.39. The molecule has 0 unspecified atom stereocenters. The average molecular weight is 316 g/mol. The van der Waals surface area contributed by atoms with E-state index in [1.807, 2.05) is 24.3 Å². The molecule has 0 aromatic heterocycles. The van der Waals surface area contributed by atoms with Crippen LogP contribution in [0.1, 0.15) is 38.5 Å². The summed E-state index contributed by atoms with van der Waals surface area (Å²) in [5, 5.41) is 3.94. The molecule has 2 aromatic carbocycles. The van der Waals surface area contributed by atoms with E-state index >= 15 is 0 Å². The Morgan fingerprint density at radius 3 is 1.17 bits per heavy atom. The monoisotopic (exact) mass is 316 g/mol. The Balaban J connectivity index is 1.78. The number of rotatable bonds is 0. The van der Waals surface area contributed by atoms with E-state index in [1.54, 1.807) is 0 Å². The predicted molar refractivity (Wildman–Crippen MR) is 90.7 cm³/mol. The number of nitrogens with zero attached hydrogens (tertiary/aromatic N) is 4. The minimum atomic E-state index is -0.573. The molecule has 2 aromatic rings. The lowest BCUT2D eigenvalue weighted by atomic mass is 9.82. The van der Waals surface area contributed by atoms with Gasteiger partial charge in [0.25, 0.3) is 0 Å². The zero-order valence-corrected chi connectivity index (χ0v) is 13.7. The molecule has 4 nitrogen and oxygen atoms in total. The lowest BCUT2D eigenvalue weighted by Crippen LogP contribution is -2.49. The fourth-order valence-corrected chi connectivity index (χ4v) is 4.23. The normalized spacial score (nSPS) is 22.3. The van der Waals surface area contributed by atoms with Gasteiger partial charge in [-0.05, 0) is 49.9 Å². The van der Waals surface area contributed by atoms with Gasteiger partial charge in [-0.25, -0.2) is 20.0 Å². The predicted octanol–water partition coefficient (Wildman–Crippen LogP) is 1.64. The van der Waals surface area contributed by atoms with Crippen LogP contribution in [-0.2, 0) is 0 Å². The molecule has 1 fully saturated rings. The van der Waals surface area contributed by atoms with E-state index in [4.69, 9.17) is 20.0 Å². The van der Waals surface area contributed by atoms with Crippen LogP contribution in [0, 0.1) is 0 Å². The Morgan fingerprint density at radius 2 is 0.833 bits per heavy atom. The second-order valence-corrected chi connectivity index (χ2v) is 6.97. The minimum absolute atomic E-state index is 0.573. The van der Waals surface area contributed by atoms with Crippen molar-refractivity contribution in [3.8, 4) is 0 Å². The van der Waals surface area contributed by atoms with Crippen molar-refractivity contribution in [2.24, 2.45) is 20.0 Å². The first kappa shape index (κ1) is 14.0. The highest BCUT2D eigenvalue weighted by molar-refractivity contribution is 5.20. The molecular weight excluding hydrogens is 296 g/mol. The summed E-state index contributed by atoms with van der Waals surface area (Å²) >= 11 is 0. The maximum atomic E-state index is 5.11. The molecule has 4 heteroatoms. The summed E-state index contributed by atoms with van der Waals surface area (Å²) in [6.07, 6.45) is 6.58. The molecule has 5 rings (SSSR count). The first-order valence-electron chi connectivity index (χ1n) is 8.90.